The number of hydrogen-bond donors (Lipinski definition) is 3. The Bertz CT molecular complexity index is 808. The lowest BCUT2D eigenvalue weighted by Gasteiger charge is -2.12. The van der Waals surface area contributed by atoms with Crippen LogP contribution in [0.4, 0.5) is 0 Å². The number of aromatic amines is 1. The molecule has 3 rings (SSSR count). The smallest absolute Gasteiger partial charge is 0.273 e. The molecule has 1 saturated heterocycles. The van der Waals surface area contributed by atoms with E-state index in [0.717, 1.165) is 19.5 Å². The number of halogens is 1. The number of carbonyl (C=O) groups is 1. The van der Waals surface area contributed by atoms with Crippen LogP contribution < -0.4 is 21.8 Å². The van der Waals surface area contributed by atoms with E-state index in [-0.39, 0.29) is 48.4 Å². The first kappa shape index (κ1) is 17.2. The van der Waals surface area contributed by atoms with Gasteiger partial charge in [0.05, 0.1) is 17.3 Å². The first-order valence-corrected chi connectivity index (χ1v) is 7.37. The van der Waals surface area contributed by atoms with Crippen molar-refractivity contribution in [1.82, 2.24) is 20.4 Å². The van der Waals surface area contributed by atoms with Gasteiger partial charge in [0.25, 0.3) is 11.1 Å². The minimum Gasteiger partial charge on any atom is -0.352 e. The maximum atomic E-state index is 12.3. The van der Waals surface area contributed by atoms with Crippen molar-refractivity contribution in [3.63, 3.8) is 0 Å². The highest BCUT2D eigenvalue weighted by atomic mass is 35.5. The molecular weight excluding hydrogens is 320 g/mol. The Morgan fingerprint density at radius 1 is 1.26 bits per heavy atom. The minimum atomic E-state index is -0.324. The van der Waals surface area contributed by atoms with Crippen molar-refractivity contribution in [1.29, 1.82) is 0 Å². The average molecular weight is 339 g/mol. The van der Waals surface area contributed by atoms with E-state index in [1.165, 1.54) is 4.68 Å². The quantitative estimate of drug-likeness (QED) is 0.730. The first-order chi connectivity index (χ1) is 10.6. The second-order valence-corrected chi connectivity index (χ2v) is 5.45. The summed E-state index contributed by atoms with van der Waals surface area (Å²) in [7, 11) is 0. The summed E-state index contributed by atoms with van der Waals surface area (Å²) in [5, 5.41) is 9.34. The SMILES string of the molecule is Cl.O=C(CCn1[nH]c(=O)c2ccccc2c1=O)NC1CCNC1. The second kappa shape index (κ2) is 7.43. The van der Waals surface area contributed by atoms with Crippen LogP contribution in [-0.4, -0.2) is 34.8 Å². The molecule has 1 aromatic carbocycles. The Kier molecular flexibility index (Phi) is 5.57. The molecule has 124 valence electrons. The highest BCUT2D eigenvalue weighted by Gasteiger charge is 2.16. The highest BCUT2D eigenvalue weighted by Crippen LogP contribution is 2.03. The normalized spacial score (nSPS) is 17.0. The topological polar surface area (TPSA) is 96.0 Å². The lowest BCUT2D eigenvalue weighted by Crippen LogP contribution is -2.38. The minimum absolute atomic E-state index is 0. The maximum Gasteiger partial charge on any atom is 0.273 e. The molecular formula is C15H19ClN4O3. The molecule has 0 spiro atoms. The van der Waals surface area contributed by atoms with Gasteiger partial charge in [-0.1, -0.05) is 12.1 Å². The summed E-state index contributed by atoms with van der Waals surface area (Å²) < 4.78 is 1.21. The van der Waals surface area contributed by atoms with E-state index in [4.69, 9.17) is 0 Å². The van der Waals surface area contributed by atoms with E-state index in [9.17, 15) is 14.4 Å². The van der Waals surface area contributed by atoms with Gasteiger partial charge in [0.1, 0.15) is 0 Å². The van der Waals surface area contributed by atoms with Gasteiger partial charge in [-0.3, -0.25) is 19.5 Å². The van der Waals surface area contributed by atoms with Crippen molar-refractivity contribution in [3.8, 4) is 0 Å². The van der Waals surface area contributed by atoms with Gasteiger partial charge in [0.15, 0.2) is 0 Å². The number of benzene rings is 1. The monoisotopic (exact) mass is 338 g/mol. The van der Waals surface area contributed by atoms with Gasteiger partial charge in [-0.25, -0.2) is 4.68 Å². The van der Waals surface area contributed by atoms with E-state index in [0.29, 0.717) is 10.8 Å². The first-order valence-electron chi connectivity index (χ1n) is 7.37. The van der Waals surface area contributed by atoms with Crippen LogP contribution in [0.25, 0.3) is 10.8 Å². The van der Waals surface area contributed by atoms with Crippen molar-refractivity contribution in [2.45, 2.75) is 25.4 Å². The van der Waals surface area contributed by atoms with E-state index in [1.54, 1.807) is 24.3 Å². The summed E-state index contributed by atoms with van der Waals surface area (Å²) in [5.74, 6) is -0.116. The third kappa shape index (κ3) is 3.80. The third-order valence-electron chi connectivity index (χ3n) is 3.87. The summed E-state index contributed by atoms with van der Waals surface area (Å²) in [4.78, 5) is 36.1. The molecule has 1 fully saturated rings. The third-order valence-corrected chi connectivity index (χ3v) is 3.87. The van der Waals surface area contributed by atoms with Crippen LogP contribution in [0.1, 0.15) is 12.8 Å². The summed E-state index contributed by atoms with van der Waals surface area (Å²) in [6.07, 6.45) is 1.07. The molecule has 1 aliphatic heterocycles. The molecule has 3 N–H and O–H groups in total. The van der Waals surface area contributed by atoms with Crippen molar-refractivity contribution in [3.05, 3.63) is 45.0 Å². The summed E-state index contributed by atoms with van der Waals surface area (Å²) >= 11 is 0. The standard InChI is InChI=1S/C15H18N4O3.ClH/c20-13(17-10-5-7-16-9-10)6-8-19-15(22)12-4-2-1-3-11(12)14(21)18-19;/h1-4,10,16H,5-9H2,(H,17,20)(H,18,21);1H. The number of H-pyrrole nitrogens is 1. The van der Waals surface area contributed by atoms with Crippen molar-refractivity contribution in [2.75, 3.05) is 13.1 Å². The van der Waals surface area contributed by atoms with Crippen LogP contribution in [0.2, 0.25) is 0 Å². The Balaban J connectivity index is 0.00000192. The number of aryl methyl sites for hydroxylation is 1. The number of fused-ring (bicyclic) bond motifs is 1. The Hall–Kier alpha value is -2.12. The van der Waals surface area contributed by atoms with Gasteiger partial charge < -0.3 is 10.6 Å². The summed E-state index contributed by atoms with van der Waals surface area (Å²) in [5.41, 5.74) is -0.610. The van der Waals surface area contributed by atoms with Crippen molar-refractivity contribution >= 4 is 29.1 Å². The molecule has 8 heteroatoms. The van der Waals surface area contributed by atoms with Crippen LogP contribution in [-0.2, 0) is 11.3 Å². The molecule has 2 aromatic rings. The van der Waals surface area contributed by atoms with Gasteiger partial charge in [-0.2, -0.15) is 0 Å². The largest absolute Gasteiger partial charge is 0.352 e. The lowest BCUT2D eigenvalue weighted by atomic mass is 10.2. The zero-order valence-corrected chi connectivity index (χ0v) is 13.3. The van der Waals surface area contributed by atoms with E-state index in [2.05, 4.69) is 15.7 Å². The number of rotatable bonds is 4. The van der Waals surface area contributed by atoms with Crippen LogP contribution >= 0.6 is 12.4 Å². The number of carbonyl (C=O) groups excluding carboxylic acids is 1. The molecule has 0 bridgehead atoms. The predicted octanol–water partition coefficient (Wildman–Crippen LogP) is -0.0202. The predicted molar refractivity (Wildman–Crippen MR) is 90.1 cm³/mol. The van der Waals surface area contributed by atoms with Gasteiger partial charge in [-0.05, 0) is 25.1 Å². The van der Waals surface area contributed by atoms with Crippen LogP contribution in [0.15, 0.2) is 33.9 Å². The molecule has 1 aliphatic rings. The fraction of sp³-hybridized carbons (Fsp3) is 0.400. The molecule has 23 heavy (non-hydrogen) atoms. The summed E-state index contributed by atoms with van der Waals surface area (Å²) in [6, 6.07) is 6.81. The fourth-order valence-electron chi connectivity index (χ4n) is 2.70. The molecule has 1 atom stereocenters. The van der Waals surface area contributed by atoms with Crippen molar-refractivity contribution in [2.24, 2.45) is 0 Å². The number of nitrogens with zero attached hydrogens (tertiary/aromatic N) is 1. The summed E-state index contributed by atoms with van der Waals surface area (Å²) in [6.45, 7) is 1.84. The fourth-order valence-corrected chi connectivity index (χ4v) is 2.70. The molecule has 0 aliphatic carbocycles. The molecule has 7 nitrogen and oxygen atoms in total. The average Bonchev–Trinajstić information content (AvgIpc) is 3.02. The lowest BCUT2D eigenvalue weighted by molar-refractivity contribution is -0.121. The number of hydrogen-bond acceptors (Lipinski definition) is 4. The number of amides is 1. The van der Waals surface area contributed by atoms with Crippen molar-refractivity contribution < 1.29 is 4.79 Å². The maximum absolute atomic E-state index is 12.3. The van der Waals surface area contributed by atoms with Crippen LogP contribution in [0.5, 0.6) is 0 Å². The van der Waals surface area contributed by atoms with Crippen LogP contribution in [0.3, 0.4) is 0 Å². The van der Waals surface area contributed by atoms with E-state index >= 15 is 0 Å². The molecule has 0 radical (unpaired) electrons. The van der Waals surface area contributed by atoms with Gasteiger partial charge in [0.2, 0.25) is 5.91 Å². The number of nitrogens with one attached hydrogen (secondary N) is 3. The Morgan fingerprint density at radius 3 is 2.70 bits per heavy atom. The molecule has 2 heterocycles. The number of aromatic nitrogens is 2. The highest BCUT2D eigenvalue weighted by molar-refractivity contribution is 5.85. The van der Waals surface area contributed by atoms with E-state index in [1.807, 2.05) is 0 Å². The molecule has 1 unspecified atom stereocenters. The van der Waals surface area contributed by atoms with Gasteiger partial charge in [0, 0.05) is 19.0 Å². The molecule has 0 saturated carbocycles. The van der Waals surface area contributed by atoms with Crippen LogP contribution in [0, 0.1) is 0 Å². The zero-order valence-electron chi connectivity index (χ0n) is 12.5. The van der Waals surface area contributed by atoms with Gasteiger partial charge >= 0.3 is 0 Å². The van der Waals surface area contributed by atoms with E-state index < -0.39 is 0 Å². The molecule has 1 aromatic heterocycles. The van der Waals surface area contributed by atoms with Gasteiger partial charge in [-0.15, -0.1) is 12.4 Å². The molecule has 1 amide bonds. The Labute approximate surface area is 138 Å². The zero-order chi connectivity index (χ0) is 15.5. The second-order valence-electron chi connectivity index (χ2n) is 5.45. The Morgan fingerprint density at radius 2 is 2.00 bits per heavy atom.